The Morgan fingerprint density at radius 1 is 1.39 bits per heavy atom. The molecule has 0 aliphatic carbocycles. The van der Waals surface area contributed by atoms with Gasteiger partial charge in [0, 0.05) is 23.6 Å². The Labute approximate surface area is 106 Å². The molecule has 0 aliphatic rings. The number of hydrogen-bond donors (Lipinski definition) is 1. The van der Waals surface area contributed by atoms with Gasteiger partial charge in [-0.3, -0.25) is 9.78 Å². The fraction of sp³-hybridized carbons (Fsp3) is 0.286. The summed E-state index contributed by atoms with van der Waals surface area (Å²) in [7, 11) is 1.63. The molecule has 1 heterocycles. The van der Waals surface area contributed by atoms with Crippen molar-refractivity contribution in [2.24, 2.45) is 5.73 Å². The highest BCUT2D eigenvalue weighted by molar-refractivity contribution is 5.88. The van der Waals surface area contributed by atoms with Crippen LogP contribution in [-0.2, 0) is 11.2 Å². The molecule has 0 spiro atoms. The number of rotatable bonds is 4. The zero-order valence-corrected chi connectivity index (χ0v) is 10.6. The average Bonchev–Trinajstić information content (AvgIpc) is 2.36. The van der Waals surface area contributed by atoms with Crippen molar-refractivity contribution in [3.63, 3.8) is 0 Å². The van der Waals surface area contributed by atoms with E-state index in [2.05, 4.69) is 4.98 Å². The SMILES string of the molecule is COc1ccc2nccc(C)c2c1CCC(N)=O. The first kappa shape index (κ1) is 12.4. The zero-order chi connectivity index (χ0) is 13.1. The third-order valence-corrected chi connectivity index (χ3v) is 3.02. The van der Waals surface area contributed by atoms with E-state index in [1.807, 2.05) is 25.1 Å². The largest absolute Gasteiger partial charge is 0.496 e. The molecule has 1 aromatic heterocycles. The van der Waals surface area contributed by atoms with Crippen molar-refractivity contribution in [3.8, 4) is 5.75 Å². The monoisotopic (exact) mass is 244 g/mol. The van der Waals surface area contributed by atoms with Crippen LogP contribution in [0.2, 0.25) is 0 Å². The number of pyridine rings is 1. The first-order valence-corrected chi connectivity index (χ1v) is 5.83. The van der Waals surface area contributed by atoms with E-state index in [1.165, 1.54) is 0 Å². The van der Waals surface area contributed by atoms with E-state index >= 15 is 0 Å². The number of aromatic nitrogens is 1. The highest BCUT2D eigenvalue weighted by Crippen LogP contribution is 2.30. The Hall–Kier alpha value is -2.10. The van der Waals surface area contributed by atoms with Gasteiger partial charge in [0.1, 0.15) is 5.75 Å². The summed E-state index contributed by atoms with van der Waals surface area (Å²) in [5.41, 5.74) is 8.25. The fourth-order valence-corrected chi connectivity index (χ4v) is 2.16. The molecule has 4 nitrogen and oxygen atoms in total. The first-order chi connectivity index (χ1) is 8.63. The quantitative estimate of drug-likeness (QED) is 0.894. The van der Waals surface area contributed by atoms with E-state index in [4.69, 9.17) is 10.5 Å². The molecule has 0 bridgehead atoms. The molecular formula is C14H16N2O2. The molecular weight excluding hydrogens is 228 g/mol. The third kappa shape index (κ3) is 2.27. The number of primary amides is 1. The topological polar surface area (TPSA) is 65.2 Å². The van der Waals surface area contributed by atoms with Crippen LogP contribution in [0.1, 0.15) is 17.5 Å². The number of hydrogen-bond acceptors (Lipinski definition) is 3. The second-order valence-corrected chi connectivity index (χ2v) is 4.23. The predicted octanol–water partition coefficient (Wildman–Crippen LogP) is 1.97. The number of aryl methyl sites for hydroxylation is 2. The van der Waals surface area contributed by atoms with Gasteiger partial charge in [0.05, 0.1) is 12.6 Å². The van der Waals surface area contributed by atoms with Crippen LogP contribution < -0.4 is 10.5 Å². The molecule has 2 rings (SSSR count). The second-order valence-electron chi connectivity index (χ2n) is 4.23. The normalized spacial score (nSPS) is 10.6. The van der Waals surface area contributed by atoms with Crippen LogP contribution in [0, 0.1) is 6.92 Å². The van der Waals surface area contributed by atoms with Crippen LogP contribution in [0.5, 0.6) is 5.75 Å². The van der Waals surface area contributed by atoms with E-state index in [0.717, 1.165) is 27.8 Å². The Bertz CT molecular complexity index is 594. The molecule has 1 amide bonds. The lowest BCUT2D eigenvalue weighted by atomic mass is 9.99. The number of carbonyl (C=O) groups is 1. The van der Waals surface area contributed by atoms with Crippen molar-refractivity contribution in [2.75, 3.05) is 7.11 Å². The fourth-order valence-electron chi connectivity index (χ4n) is 2.16. The molecule has 0 saturated heterocycles. The van der Waals surface area contributed by atoms with E-state index in [0.29, 0.717) is 12.8 Å². The maximum absolute atomic E-state index is 11.0. The van der Waals surface area contributed by atoms with Crippen molar-refractivity contribution in [3.05, 3.63) is 35.5 Å². The van der Waals surface area contributed by atoms with Gasteiger partial charge in [-0.25, -0.2) is 0 Å². The molecule has 0 unspecified atom stereocenters. The van der Waals surface area contributed by atoms with E-state index < -0.39 is 0 Å². The molecule has 0 radical (unpaired) electrons. The zero-order valence-electron chi connectivity index (χ0n) is 10.6. The minimum Gasteiger partial charge on any atom is -0.496 e. The summed E-state index contributed by atoms with van der Waals surface area (Å²) >= 11 is 0. The number of methoxy groups -OCH3 is 1. The Morgan fingerprint density at radius 3 is 2.83 bits per heavy atom. The molecule has 0 saturated carbocycles. The van der Waals surface area contributed by atoms with Crippen molar-refractivity contribution in [1.82, 2.24) is 4.98 Å². The van der Waals surface area contributed by atoms with Gasteiger partial charge in [-0.15, -0.1) is 0 Å². The standard InChI is InChI=1S/C14H16N2O2/c1-9-7-8-16-11-4-5-12(18-2)10(14(9)11)3-6-13(15)17/h4-5,7-8H,3,6H2,1-2H3,(H2,15,17). The van der Waals surface area contributed by atoms with Crippen LogP contribution in [0.4, 0.5) is 0 Å². The summed E-state index contributed by atoms with van der Waals surface area (Å²) in [6, 6.07) is 5.76. The minimum atomic E-state index is -0.310. The molecule has 2 N–H and O–H groups in total. The number of carbonyl (C=O) groups excluding carboxylic acids is 1. The van der Waals surface area contributed by atoms with Gasteiger partial charge in [-0.2, -0.15) is 0 Å². The number of nitrogens with zero attached hydrogens (tertiary/aromatic N) is 1. The van der Waals surface area contributed by atoms with Gasteiger partial charge < -0.3 is 10.5 Å². The third-order valence-electron chi connectivity index (χ3n) is 3.02. The van der Waals surface area contributed by atoms with Crippen molar-refractivity contribution < 1.29 is 9.53 Å². The van der Waals surface area contributed by atoms with E-state index in [-0.39, 0.29) is 5.91 Å². The average molecular weight is 244 g/mol. The van der Waals surface area contributed by atoms with E-state index in [1.54, 1.807) is 13.3 Å². The van der Waals surface area contributed by atoms with Gasteiger partial charge in [-0.1, -0.05) is 0 Å². The van der Waals surface area contributed by atoms with Gasteiger partial charge in [-0.05, 0) is 37.1 Å². The van der Waals surface area contributed by atoms with Crippen molar-refractivity contribution in [1.29, 1.82) is 0 Å². The van der Waals surface area contributed by atoms with Gasteiger partial charge in [0.25, 0.3) is 0 Å². The molecule has 0 aliphatic heterocycles. The van der Waals surface area contributed by atoms with Gasteiger partial charge in [0.2, 0.25) is 5.91 Å². The summed E-state index contributed by atoms with van der Waals surface area (Å²) < 4.78 is 5.36. The smallest absolute Gasteiger partial charge is 0.217 e. The van der Waals surface area contributed by atoms with Crippen molar-refractivity contribution in [2.45, 2.75) is 19.8 Å². The highest BCUT2D eigenvalue weighted by atomic mass is 16.5. The first-order valence-electron chi connectivity index (χ1n) is 5.83. The number of amides is 1. The summed E-state index contributed by atoms with van der Waals surface area (Å²) in [6.45, 7) is 2.03. The van der Waals surface area contributed by atoms with Crippen LogP contribution in [0.25, 0.3) is 10.9 Å². The molecule has 94 valence electrons. The summed E-state index contributed by atoms with van der Waals surface area (Å²) in [5.74, 6) is 0.468. The van der Waals surface area contributed by atoms with Crippen LogP contribution in [0.15, 0.2) is 24.4 Å². The Morgan fingerprint density at radius 2 is 2.17 bits per heavy atom. The molecule has 18 heavy (non-hydrogen) atoms. The Kier molecular flexibility index (Phi) is 3.46. The van der Waals surface area contributed by atoms with Crippen LogP contribution in [-0.4, -0.2) is 18.0 Å². The summed E-state index contributed by atoms with van der Waals surface area (Å²) in [4.78, 5) is 15.3. The highest BCUT2D eigenvalue weighted by Gasteiger charge is 2.11. The van der Waals surface area contributed by atoms with Gasteiger partial charge in [0.15, 0.2) is 0 Å². The van der Waals surface area contributed by atoms with Crippen LogP contribution >= 0.6 is 0 Å². The molecule has 1 aromatic carbocycles. The maximum atomic E-state index is 11.0. The molecule has 0 atom stereocenters. The van der Waals surface area contributed by atoms with Crippen LogP contribution in [0.3, 0.4) is 0 Å². The summed E-state index contributed by atoms with van der Waals surface area (Å²) in [6.07, 6.45) is 2.66. The lowest BCUT2D eigenvalue weighted by Gasteiger charge is -2.12. The molecule has 4 heteroatoms. The van der Waals surface area contributed by atoms with Gasteiger partial charge >= 0.3 is 0 Å². The Balaban J connectivity index is 2.60. The lowest BCUT2D eigenvalue weighted by Crippen LogP contribution is -2.11. The van der Waals surface area contributed by atoms with E-state index in [9.17, 15) is 4.79 Å². The maximum Gasteiger partial charge on any atom is 0.217 e. The lowest BCUT2D eigenvalue weighted by molar-refractivity contribution is -0.117. The second kappa shape index (κ2) is 5.04. The predicted molar refractivity (Wildman–Crippen MR) is 70.5 cm³/mol. The number of ether oxygens (including phenoxy) is 1. The number of benzene rings is 1. The number of fused-ring (bicyclic) bond motifs is 1. The molecule has 2 aromatic rings. The number of nitrogens with two attached hydrogens (primary N) is 1. The van der Waals surface area contributed by atoms with Crippen molar-refractivity contribution >= 4 is 16.8 Å². The molecule has 0 fully saturated rings. The summed E-state index contributed by atoms with van der Waals surface area (Å²) in [5, 5.41) is 1.05. The minimum absolute atomic E-state index is 0.309.